The van der Waals surface area contributed by atoms with Crippen LogP contribution in [0.1, 0.15) is 20.8 Å². The normalized spacial score (nSPS) is 10.8. The van der Waals surface area contributed by atoms with Gasteiger partial charge in [-0.05, 0) is 5.92 Å². The van der Waals surface area contributed by atoms with Gasteiger partial charge in [-0.25, -0.2) is 0 Å². The molecule has 4 heteroatoms. The highest BCUT2D eigenvalue weighted by molar-refractivity contribution is 6.18. The summed E-state index contributed by atoms with van der Waals surface area (Å²) in [5, 5.41) is 0. The van der Waals surface area contributed by atoms with E-state index in [9.17, 15) is 13.2 Å². The molecular formula is C6H12ClF3. The average Bonchev–Trinajstić information content (AvgIpc) is 1.63. The second kappa shape index (κ2) is 5.83. The minimum Gasteiger partial charge on any atom is -0.170 e. The summed E-state index contributed by atoms with van der Waals surface area (Å²) in [6.45, 7) is 6.50. The molecule has 0 aromatic heterocycles. The molecule has 0 rings (SSSR count). The Balaban J connectivity index is 0. The molecule has 10 heavy (non-hydrogen) atoms. The first-order valence-corrected chi connectivity index (χ1v) is 3.45. The van der Waals surface area contributed by atoms with Crippen LogP contribution in [-0.2, 0) is 0 Å². The van der Waals surface area contributed by atoms with Crippen LogP contribution >= 0.6 is 11.6 Å². The van der Waals surface area contributed by atoms with Gasteiger partial charge >= 0.3 is 6.18 Å². The van der Waals surface area contributed by atoms with E-state index in [1.807, 2.05) is 0 Å². The third kappa shape index (κ3) is 42.7. The van der Waals surface area contributed by atoms with Gasteiger partial charge in [0, 0.05) is 0 Å². The van der Waals surface area contributed by atoms with Crippen molar-refractivity contribution in [2.24, 2.45) is 5.92 Å². The fourth-order valence-corrected chi connectivity index (χ4v) is 0. The third-order valence-corrected chi connectivity index (χ3v) is 0.455. The van der Waals surface area contributed by atoms with Crippen LogP contribution in [0.25, 0.3) is 0 Å². The van der Waals surface area contributed by atoms with Gasteiger partial charge in [-0.1, -0.05) is 20.8 Å². The Morgan fingerprint density at radius 1 is 1.20 bits per heavy atom. The highest BCUT2D eigenvalue weighted by atomic mass is 35.5. The largest absolute Gasteiger partial charge is 0.402 e. The van der Waals surface area contributed by atoms with E-state index >= 15 is 0 Å². The molecule has 0 radical (unpaired) electrons. The summed E-state index contributed by atoms with van der Waals surface area (Å²) in [6, 6.07) is 0. The minimum atomic E-state index is -4.19. The molecule has 0 nitrogen and oxygen atoms in total. The summed E-state index contributed by atoms with van der Waals surface area (Å²) < 4.78 is 32.0. The molecule has 0 saturated heterocycles. The summed E-state index contributed by atoms with van der Waals surface area (Å²) >= 11 is 4.35. The van der Waals surface area contributed by atoms with Crippen molar-refractivity contribution in [2.45, 2.75) is 26.9 Å². The van der Waals surface area contributed by atoms with E-state index in [0.717, 1.165) is 5.92 Å². The summed E-state index contributed by atoms with van der Waals surface area (Å²) in [7, 11) is 0. The number of rotatable bonds is 0. The molecule has 0 aromatic rings. The summed E-state index contributed by atoms with van der Waals surface area (Å²) in [4.78, 5) is 0. The molecule has 0 aromatic carbocycles. The monoisotopic (exact) mass is 176 g/mol. The van der Waals surface area contributed by atoms with Gasteiger partial charge in [-0.2, -0.15) is 13.2 Å². The van der Waals surface area contributed by atoms with Gasteiger partial charge in [-0.3, -0.25) is 0 Å². The van der Waals surface area contributed by atoms with Gasteiger partial charge < -0.3 is 0 Å². The molecule has 0 aliphatic carbocycles. The number of hydrogen-bond donors (Lipinski definition) is 0. The highest BCUT2D eigenvalue weighted by Crippen LogP contribution is 2.14. The highest BCUT2D eigenvalue weighted by Gasteiger charge is 2.24. The first-order valence-electron chi connectivity index (χ1n) is 2.92. The SMILES string of the molecule is CC(C)C.FC(F)(F)CCl. The molecular weight excluding hydrogens is 165 g/mol. The Bertz CT molecular complexity index is 65.1. The maximum atomic E-state index is 10.7. The van der Waals surface area contributed by atoms with Crippen LogP contribution in [0.5, 0.6) is 0 Å². The molecule has 0 saturated carbocycles. The Kier molecular flexibility index (Phi) is 7.43. The molecule has 64 valence electrons. The first kappa shape index (κ1) is 12.7. The Morgan fingerprint density at radius 3 is 1.30 bits per heavy atom. The smallest absolute Gasteiger partial charge is 0.170 e. The van der Waals surface area contributed by atoms with Crippen LogP contribution in [0, 0.1) is 5.92 Å². The van der Waals surface area contributed by atoms with E-state index in [4.69, 9.17) is 0 Å². The van der Waals surface area contributed by atoms with Crippen molar-refractivity contribution in [1.29, 1.82) is 0 Å². The van der Waals surface area contributed by atoms with Crippen LogP contribution in [0.2, 0.25) is 0 Å². The second-order valence-corrected chi connectivity index (χ2v) is 2.75. The molecule has 0 fully saturated rings. The number of halogens is 4. The Morgan fingerprint density at radius 2 is 1.30 bits per heavy atom. The predicted molar refractivity (Wildman–Crippen MR) is 37.3 cm³/mol. The average molecular weight is 177 g/mol. The van der Waals surface area contributed by atoms with E-state index in [1.54, 1.807) is 0 Å². The molecule has 0 aliphatic heterocycles. The van der Waals surface area contributed by atoms with Gasteiger partial charge in [0.05, 0.1) is 0 Å². The fourth-order valence-electron chi connectivity index (χ4n) is 0. The topological polar surface area (TPSA) is 0 Å². The Hall–Kier alpha value is 0.0800. The predicted octanol–water partition coefficient (Wildman–Crippen LogP) is 3.45. The molecule has 0 unspecified atom stereocenters. The standard InChI is InChI=1S/C4H10.C2H2ClF3/c1-4(2)3;3-1-2(4,5)6/h4H,1-3H3;1H2. The number of alkyl halides is 4. The Labute approximate surface area is 64.4 Å². The lowest BCUT2D eigenvalue weighted by atomic mass is 10.3. The maximum absolute atomic E-state index is 10.7. The molecule has 0 bridgehead atoms. The van der Waals surface area contributed by atoms with Gasteiger partial charge in [0.1, 0.15) is 5.88 Å². The van der Waals surface area contributed by atoms with Crippen molar-refractivity contribution in [3.05, 3.63) is 0 Å². The van der Waals surface area contributed by atoms with Crippen molar-refractivity contribution >= 4 is 11.6 Å². The van der Waals surface area contributed by atoms with Gasteiger partial charge in [0.15, 0.2) is 0 Å². The number of hydrogen-bond acceptors (Lipinski definition) is 0. The zero-order chi connectivity index (χ0) is 8.78. The zero-order valence-corrected chi connectivity index (χ0v) is 7.05. The first-order chi connectivity index (χ1) is 4.29. The lowest BCUT2D eigenvalue weighted by molar-refractivity contribution is -0.106. The van der Waals surface area contributed by atoms with Crippen LogP contribution in [0.4, 0.5) is 13.2 Å². The van der Waals surface area contributed by atoms with E-state index in [1.165, 1.54) is 0 Å². The van der Waals surface area contributed by atoms with Crippen molar-refractivity contribution in [1.82, 2.24) is 0 Å². The van der Waals surface area contributed by atoms with Crippen molar-refractivity contribution < 1.29 is 13.2 Å². The van der Waals surface area contributed by atoms with E-state index in [-0.39, 0.29) is 0 Å². The fraction of sp³-hybridized carbons (Fsp3) is 1.00. The quantitative estimate of drug-likeness (QED) is 0.496. The van der Waals surface area contributed by atoms with Crippen LogP contribution in [-0.4, -0.2) is 12.1 Å². The van der Waals surface area contributed by atoms with Gasteiger partial charge in [0.2, 0.25) is 0 Å². The molecule has 0 N–H and O–H groups in total. The van der Waals surface area contributed by atoms with Gasteiger partial charge in [0.25, 0.3) is 0 Å². The third-order valence-electron chi connectivity index (χ3n) is 0.152. The van der Waals surface area contributed by atoms with Crippen molar-refractivity contribution in [3.63, 3.8) is 0 Å². The molecule has 0 aliphatic rings. The molecule has 0 atom stereocenters. The van der Waals surface area contributed by atoms with Crippen molar-refractivity contribution in [3.8, 4) is 0 Å². The second-order valence-electron chi connectivity index (χ2n) is 2.48. The van der Waals surface area contributed by atoms with E-state index < -0.39 is 12.1 Å². The lowest BCUT2D eigenvalue weighted by Gasteiger charge is -1.94. The van der Waals surface area contributed by atoms with Crippen LogP contribution in [0.3, 0.4) is 0 Å². The summed E-state index contributed by atoms with van der Waals surface area (Å²) in [5.41, 5.74) is 0. The summed E-state index contributed by atoms with van der Waals surface area (Å²) in [5.74, 6) is -0.424. The zero-order valence-electron chi connectivity index (χ0n) is 6.30. The van der Waals surface area contributed by atoms with E-state index in [2.05, 4.69) is 32.4 Å². The lowest BCUT2D eigenvalue weighted by Crippen LogP contribution is -2.07. The maximum Gasteiger partial charge on any atom is 0.402 e. The van der Waals surface area contributed by atoms with Crippen LogP contribution < -0.4 is 0 Å². The molecule has 0 amide bonds. The summed E-state index contributed by atoms with van der Waals surface area (Å²) in [6.07, 6.45) is -4.19. The van der Waals surface area contributed by atoms with Crippen molar-refractivity contribution in [2.75, 3.05) is 5.88 Å². The van der Waals surface area contributed by atoms with Crippen LogP contribution in [0.15, 0.2) is 0 Å². The minimum absolute atomic E-state index is 0.833. The molecule has 0 spiro atoms. The van der Waals surface area contributed by atoms with Gasteiger partial charge in [-0.15, -0.1) is 11.6 Å². The van der Waals surface area contributed by atoms with E-state index in [0.29, 0.717) is 0 Å². The molecule has 0 heterocycles.